The predicted molar refractivity (Wildman–Crippen MR) is 73.3 cm³/mol. The largest absolute Gasteiger partial charge is 0.478 e. The molecule has 2 heterocycles. The van der Waals surface area contributed by atoms with E-state index in [2.05, 4.69) is 26.1 Å². The number of carboxylic acids is 1. The fourth-order valence-corrected chi connectivity index (χ4v) is 2.70. The number of nitrogens with zero attached hydrogens (tertiary/aromatic N) is 4. The molecular formula is C12H15BrN4O2. The van der Waals surface area contributed by atoms with Crippen molar-refractivity contribution in [1.29, 1.82) is 0 Å². The first-order valence-electron chi connectivity index (χ1n) is 5.91. The van der Waals surface area contributed by atoms with Crippen molar-refractivity contribution in [3.05, 3.63) is 33.3 Å². The van der Waals surface area contributed by atoms with Gasteiger partial charge in [-0.1, -0.05) is 6.92 Å². The molecule has 0 bridgehead atoms. The van der Waals surface area contributed by atoms with Gasteiger partial charge in [-0.05, 0) is 29.3 Å². The topological polar surface area (TPSA) is 72.9 Å². The van der Waals surface area contributed by atoms with Gasteiger partial charge in [0, 0.05) is 13.2 Å². The van der Waals surface area contributed by atoms with Crippen LogP contribution in [0.2, 0.25) is 0 Å². The third kappa shape index (κ3) is 2.56. The van der Waals surface area contributed by atoms with Crippen LogP contribution in [0.1, 0.15) is 34.4 Å². The Bertz CT molecular complexity index is 630. The van der Waals surface area contributed by atoms with E-state index in [-0.39, 0.29) is 5.56 Å². The van der Waals surface area contributed by atoms with Crippen molar-refractivity contribution >= 4 is 21.9 Å². The van der Waals surface area contributed by atoms with E-state index in [0.29, 0.717) is 12.2 Å². The van der Waals surface area contributed by atoms with Crippen LogP contribution in [-0.4, -0.2) is 30.6 Å². The zero-order valence-electron chi connectivity index (χ0n) is 11.0. The van der Waals surface area contributed by atoms with Crippen LogP contribution in [0.4, 0.5) is 0 Å². The summed E-state index contributed by atoms with van der Waals surface area (Å²) >= 11 is 3.53. The third-order valence-corrected chi connectivity index (χ3v) is 3.91. The van der Waals surface area contributed by atoms with Crippen LogP contribution in [0.15, 0.2) is 10.7 Å². The highest BCUT2D eigenvalue weighted by Crippen LogP contribution is 2.22. The van der Waals surface area contributed by atoms with E-state index in [1.807, 2.05) is 14.0 Å². The standard InChI is InChI=1S/C12H15BrN4O2/c1-4-9-11(13)10(16(3)15-9)6-17-5-8(12(18)19)7(2)14-17/h5H,4,6H2,1-3H3,(H,18,19). The highest BCUT2D eigenvalue weighted by Gasteiger charge is 2.16. The molecule has 7 heteroatoms. The molecule has 0 amide bonds. The van der Waals surface area contributed by atoms with Gasteiger partial charge in [0.25, 0.3) is 0 Å². The van der Waals surface area contributed by atoms with E-state index in [4.69, 9.17) is 5.11 Å². The van der Waals surface area contributed by atoms with Crippen LogP contribution in [-0.2, 0) is 20.0 Å². The zero-order chi connectivity index (χ0) is 14.2. The SMILES string of the molecule is CCc1nn(C)c(Cn2cc(C(=O)O)c(C)n2)c1Br. The van der Waals surface area contributed by atoms with E-state index in [1.54, 1.807) is 22.5 Å². The molecule has 0 saturated heterocycles. The van der Waals surface area contributed by atoms with E-state index < -0.39 is 5.97 Å². The minimum absolute atomic E-state index is 0.231. The van der Waals surface area contributed by atoms with Gasteiger partial charge in [0.05, 0.1) is 28.1 Å². The van der Waals surface area contributed by atoms with Crippen molar-refractivity contribution in [2.75, 3.05) is 0 Å². The lowest BCUT2D eigenvalue weighted by Gasteiger charge is -2.03. The number of aryl methyl sites for hydroxylation is 3. The van der Waals surface area contributed by atoms with Gasteiger partial charge in [-0.25, -0.2) is 4.79 Å². The van der Waals surface area contributed by atoms with E-state index in [9.17, 15) is 4.79 Å². The van der Waals surface area contributed by atoms with E-state index in [1.165, 1.54) is 0 Å². The lowest BCUT2D eigenvalue weighted by Crippen LogP contribution is -2.06. The molecule has 0 aliphatic carbocycles. The van der Waals surface area contributed by atoms with Gasteiger partial charge in [0.1, 0.15) is 5.56 Å². The van der Waals surface area contributed by atoms with Crippen LogP contribution in [0, 0.1) is 6.92 Å². The van der Waals surface area contributed by atoms with Crippen molar-refractivity contribution in [2.45, 2.75) is 26.8 Å². The molecule has 19 heavy (non-hydrogen) atoms. The lowest BCUT2D eigenvalue weighted by molar-refractivity contribution is 0.0696. The number of hydrogen-bond donors (Lipinski definition) is 1. The van der Waals surface area contributed by atoms with Crippen LogP contribution in [0.5, 0.6) is 0 Å². The van der Waals surface area contributed by atoms with Crippen molar-refractivity contribution in [2.24, 2.45) is 7.05 Å². The van der Waals surface area contributed by atoms with Gasteiger partial charge in [0.15, 0.2) is 0 Å². The molecule has 0 fully saturated rings. The number of carbonyl (C=O) groups is 1. The number of hydrogen-bond acceptors (Lipinski definition) is 3. The number of carboxylic acid groups (broad SMARTS) is 1. The van der Waals surface area contributed by atoms with Crippen molar-refractivity contribution in [3.8, 4) is 0 Å². The van der Waals surface area contributed by atoms with Gasteiger partial charge < -0.3 is 5.11 Å². The molecule has 1 N–H and O–H groups in total. The second-order valence-electron chi connectivity index (χ2n) is 4.32. The second kappa shape index (κ2) is 5.16. The Morgan fingerprint density at radius 3 is 2.63 bits per heavy atom. The molecule has 0 radical (unpaired) electrons. The molecule has 0 spiro atoms. The summed E-state index contributed by atoms with van der Waals surface area (Å²) in [6.45, 7) is 4.21. The number of aromatic carboxylic acids is 1. The summed E-state index contributed by atoms with van der Waals surface area (Å²) in [6, 6.07) is 0. The van der Waals surface area contributed by atoms with Gasteiger partial charge in [-0.15, -0.1) is 0 Å². The summed E-state index contributed by atoms with van der Waals surface area (Å²) in [6.07, 6.45) is 2.38. The Balaban J connectivity index is 2.34. The highest BCUT2D eigenvalue weighted by atomic mass is 79.9. The van der Waals surface area contributed by atoms with Gasteiger partial charge in [-0.3, -0.25) is 9.36 Å². The first kappa shape index (κ1) is 13.8. The molecular weight excluding hydrogens is 312 g/mol. The molecule has 2 rings (SSSR count). The van der Waals surface area contributed by atoms with Gasteiger partial charge in [-0.2, -0.15) is 10.2 Å². The number of aromatic nitrogens is 4. The van der Waals surface area contributed by atoms with Crippen LogP contribution in [0.25, 0.3) is 0 Å². The molecule has 6 nitrogen and oxygen atoms in total. The van der Waals surface area contributed by atoms with Crippen molar-refractivity contribution in [1.82, 2.24) is 19.6 Å². The van der Waals surface area contributed by atoms with Gasteiger partial charge >= 0.3 is 5.97 Å². The molecule has 0 aliphatic heterocycles. The molecule has 0 saturated carbocycles. The quantitative estimate of drug-likeness (QED) is 0.932. The molecule has 0 atom stereocenters. The van der Waals surface area contributed by atoms with Crippen molar-refractivity contribution in [3.63, 3.8) is 0 Å². The highest BCUT2D eigenvalue weighted by molar-refractivity contribution is 9.10. The number of rotatable bonds is 4. The normalized spacial score (nSPS) is 10.9. The maximum Gasteiger partial charge on any atom is 0.339 e. The summed E-state index contributed by atoms with van der Waals surface area (Å²) in [5, 5.41) is 17.6. The zero-order valence-corrected chi connectivity index (χ0v) is 12.6. The molecule has 2 aromatic rings. The summed E-state index contributed by atoms with van der Waals surface area (Å²) in [4.78, 5) is 11.0. The molecule has 0 unspecified atom stereocenters. The van der Waals surface area contributed by atoms with Gasteiger partial charge in [0.2, 0.25) is 0 Å². The fourth-order valence-electron chi connectivity index (χ4n) is 1.95. The van der Waals surface area contributed by atoms with Crippen LogP contribution in [0.3, 0.4) is 0 Å². The van der Waals surface area contributed by atoms with E-state index in [0.717, 1.165) is 22.3 Å². The third-order valence-electron chi connectivity index (χ3n) is 2.99. The van der Waals surface area contributed by atoms with Crippen LogP contribution >= 0.6 is 15.9 Å². The first-order chi connectivity index (χ1) is 8.93. The smallest absolute Gasteiger partial charge is 0.339 e. The first-order valence-corrected chi connectivity index (χ1v) is 6.71. The maximum absolute atomic E-state index is 11.0. The molecule has 102 valence electrons. The Morgan fingerprint density at radius 2 is 2.16 bits per heavy atom. The number of halogens is 1. The predicted octanol–water partition coefficient (Wildman–Crippen LogP) is 2.00. The molecule has 0 aromatic carbocycles. The lowest BCUT2D eigenvalue weighted by atomic mass is 10.3. The monoisotopic (exact) mass is 326 g/mol. The van der Waals surface area contributed by atoms with Crippen LogP contribution < -0.4 is 0 Å². The minimum atomic E-state index is -0.956. The molecule has 0 aliphatic rings. The Labute approximate surface area is 119 Å². The summed E-state index contributed by atoms with van der Waals surface area (Å²) in [5.41, 5.74) is 2.70. The molecule has 2 aromatic heterocycles. The Hall–Kier alpha value is -1.63. The fraction of sp³-hybridized carbons (Fsp3) is 0.417. The average molecular weight is 327 g/mol. The summed E-state index contributed by atoms with van der Waals surface area (Å²) in [5.74, 6) is -0.956. The maximum atomic E-state index is 11.0. The minimum Gasteiger partial charge on any atom is -0.478 e. The average Bonchev–Trinajstić information content (AvgIpc) is 2.84. The summed E-state index contributed by atoms with van der Waals surface area (Å²) < 4.78 is 4.38. The Morgan fingerprint density at radius 1 is 1.47 bits per heavy atom. The van der Waals surface area contributed by atoms with Crippen molar-refractivity contribution < 1.29 is 9.90 Å². The van der Waals surface area contributed by atoms with E-state index >= 15 is 0 Å². The Kier molecular flexibility index (Phi) is 3.75. The second-order valence-corrected chi connectivity index (χ2v) is 5.11. The summed E-state index contributed by atoms with van der Waals surface area (Å²) in [7, 11) is 1.87.